The van der Waals surface area contributed by atoms with Crippen molar-refractivity contribution >= 4 is 11.9 Å². The normalized spacial score (nSPS) is 13.4. The molecule has 5 nitrogen and oxygen atoms in total. The van der Waals surface area contributed by atoms with Crippen LogP contribution in [0.5, 0.6) is 5.75 Å². The number of aliphatic hydroxyl groups is 1. The van der Waals surface area contributed by atoms with E-state index >= 15 is 0 Å². The number of nitrogens with zero attached hydrogens (tertiary/aromatic N) is 2. The monoisotopic (exact) mass is 507 g/mol. The number of nitrogens with one attached hydrogen (secondary N) is 1. The molecule has 1 aliphatic heterocycles. The van der Waals surface area contributed by atoms with E-state index in [1.165, 1.54) is 29.2 Å². The predicted molar refractivity (Wildman–Crippen MR) is 140 cm³/mol. The predicted octanol–water partition coefficient (Wildman–Crippen LogP) is 6.64. The van der Waals surface area contributed by atoms with Crippen LogP contribution in [0, 0.1) is 6.92 Å². The lowest BCUT2D eigenvalue weighted by molar-refractivity contribution is -0.139. The summed E-state index contributed by atoms with van der Waals surface area (Å²) in [5.41, 5.74) is 3.51. The Kier molecular flexibility index (Phi) is 7.69. The van der Waals surface area contributed by atoms with Crippen molar-refractivity contribution < 1.29 is 23.0 Å². The number of halogens is 3. The number of likely N-dealkylation sites (N-methyl/N-ethyl adjacent to an activating group) is 1. The molecule has 2 aromatic carbocycles. The number of aromatic amines is 1. The molecule has 0 amide bonds. The van der Waals surface area contributed by atoms with Crippen molar-refractivity contribution in [3.63, 3.8) is 0 Å². The number of aliphatic hydroxyl groups excluding tert-OH is 1. The molecule has 0 saturated carbocycles. The zero-order valence-corrected chi connectivity index (χ0v) is 20.8. The topological polar surface area (TPSA) is 61.4 Å². The van der Waals surface area contributed by atoms with Crippen molar-refractivity contribution in [3.8, 4) is 16.9 Å². The van der Waals surface area contributed by atoms with Crippen LogP contribution >= 0.6 is 0 Å². The number of anilines is 1. The van der Waals surface area contributed by atoms with Crippen molar-refractivity contribution in [2.45, 2.75) is 19.2 Å². The van der Waals surface area contributed by atoms with Gasteiger partial charge in [0.25, 0.3) is 0 Å². The van der Waals surface area contributed by atoms with Crippen molar-refractivity contribution in [1.29, 1.82) is 0 Å². The van der Waals surface area contributed by atoms with Gasteiger partial charge in [-0.05, 0) is 30.7 Å². The summed E-state index contributed by atoms with van der Waals surface area (Å²) in [5, 5.41) is 10.1. The Hall–Kier alpha value is -4.04. The molecule has 2 aromatic heterocycles. The van der Waals surface area contributed by atoms with Crippen LogP contribution in [0.4, 0.5) is 19.0 Å². The Morgan fingerprint density at radius 2 is 1.84 bits per heavy atom. The first-order chi connectivity index (χ1) is 17.7. The number of hydrogen-bond donors (Lipinski definition) is 2. The molecular weight excluding hydrogens is 479 g/mol. The van der Waals surface area contributed by atoms with Crippen molar-refractivity contribution in [2.24, 2.45) is 0 Å². The van der Waals surface area contributed by atoms with Gasteiger partial charge in [0.15, 0.2) is 0 Å². The van der Waals surface area contributed by atoms with Gasteiger partial charge in [-0.1, -0.05) is 60.2 Å². The fourth-order valence-corrected chi connectivity index (χ4v) is 4.29. The number of aryl methyl sites for hydroxylation is 1. The van der Waals surface area contributed by atoms with E-state index in [-0.39, 0.29) is 5.69 Å². The molecule has 0 bridgehead atoms. The number of benzene rings is 2. The van der Waals surface area contributed by atoms with Gasteiger partial charge >= 0.3 is 6.18 Å². The van der Waals surface area contributed by atoms with E-state index < -0.39 is 17.8 Å². The van der Waals surface area contributed by atoms with Crippen molar-refractivity contribution in [2.75, 3.05) is 25.6 Å². The Morgan fingerprint density at radius 3 is 2.57 bits per heavy atom. The number of aromatic nitrogens is 2. The first kappa shape index (κ1) is 26.0. The van der Waals surface area contributed by atoms with E-state index in [0.29, 0.717) is 5.56 Å². The van der Waals surface area contributed by atoms with Gasteiger partial charge in [-0.15, -0.1) is 0 Å². The molecule has 0 aliphatic carbocycles. The number of H-pyrrole nitrogens is 1. The average Bonchev–Trinajstić information content (AvgIpc) is 3.33. The lowest BCUT2D eigenvalue weighted by Gasteiger charge is -2.20. The van der Waals surface area contributed by atoms with Crippen LogP contribution in [0.25, 0.3) is 17.2 Å². The molecule has 0 spiro atoms. The zero-order chi connectivity index (χ0) is 26.6. The van der Waals surface area contributed by atoms with Crippen molar-refractivity contribution in [1.82, 2.24) is 9.97 Å². The molecular formula is C29H28F3N3O2. The first-order valence-electron chi connectivity index (χ1n) is 11.7. The minimum atomic E-state index is -4.53. The van der Waals surface area contributed by atoms with Gasteiger partial charge in [-0.3, -0.25) is 4.98 Å². The highest BCUT2D eigenvalue weighted by molar-refractivity contribution is 5.86. The highest BCUT2D eigenvalue weighted by Crippen LogP contribution is 2.38. The fraction of sp³-hybridized carbons (Fsp3) is 0.207. The molecule has 37 heavy (non-hydrogen) atoms. The van der Waals surface area contributed by atoms with Gasteiger partial charge in [-0.2, -0.15) is 13.2 Å². The highest BCUT2D eigenvalue weighted by Gasteiger charge is 2.36. The van der Waals surface area contributed by atoms with Gasteiger partial charge in [0.05, 0.1) is 18.4 Å². The molecule has 0 radical (unpaired) electrons. The molecule has 1 atom stereocenters. The number of alkyl halides is 3. The average molecular weight is 508 g/mol. The Labute approximate surface area is 213 Å². The summed E-state index contributed by atoms with van der Waals surface area (Å²) in [6.45, 7) is 2.75. The second-order valence-electron chi connectivity index (χ2n) is 8.70. The zero-order valence-electron chi connectivity index (χ0n) is 20.8. The van der Waals surface area contributed by atoms with Crippen LogP contribution in [-0.4, -0.2) is 35.8 Å². The summed E-state index contributed by atoms with van der Waals surface area (Å²) in [5.74, 6) is 2.07. The summed E-state index contributed by atoms with van der Waals surface area (Å²) >= 11 is 0. The van der Waals surface area contributed by atoms with Gasteiger partial charge in [-0.25, -0.2) is 0 Å². The lowest BCUT2D eigenvalue weighted by atomic mass is 10.0. The van der Waals surface area contributed by atoms with Gasteiger partial charge in [0, 0.05) is 42.7 Å². The number of para-hydroxylation sites is 1. The maximum absolute atomic E-state index is 12.9. The molecule has 0 saturated heterocycles. The molecule has 3 heterocycles. The second-order valence-corrected chi connectivity index (χ2v) is 8.70. The first-order valence-corrected chi connectivity index (χ1v) is 11.7. The highest BCUT2D eigenvalue weighted by atomic mass is 19.4. The van der Waals surface area contributed by atoms with Crippen molar-refractivity contribution in [3.05, 3.63) is 107 Å². The van der Waals surface area contributed by atoms with Crippen LogP contribution in [0.15, 0.2) is 79.1 Å². The number of pyridine rings is 1. The number of fused-ring (bicyclic) bond motifs is 1. The summed E-state index contributed by atoms with van der Waals surface area (Å²) in [6.07, 6.45) is 1.72. The minimum Gasteiger partial charge on any atom is -0.496 e. The van der Waals surface area contributed by atoms with Crippen LogP contribution in [0.1, 0.15) is 34.1 Å². The van der Waals surface area contributed by atoms with E-state index in [2.05, 4.69) is 46.3 Å². The second kappa shape index (κ2) is 10.9. The van der Waals surface area contributed by atoms with Crippen LogP contribution in [-0.2, 0) is 6.18 Å². The van der Waals surface area contributed by atoms with E-state index in [9.17, 15) is 18.3 Å². The van der Waals surface area contributed by atoms with E-state index in [1.54, 1.807) is 38.3 Å². The molecule has 2 N–H and O–H groups in total. The molecule has 4 aromatic rings. The van der Waals surface area contributed by atoms with Crippen LogP contribution in [0.2, 0.25) is 0 Å². The van der Waals surface area contributed by atoms with Gasteiger partial charge < -0.3 is 19.7 Å². The summed E-state index contributed by atoms with van der Waals surface area (Å²) in [4.78, 5) is 9.23. The lowest BCUT2D eigenvalue weighted by Crippen LogP contribution is -2.20. The molecule has 0 fully saturated rings. The largest absolute Gasteiger partial charge is 0.496 e. The fourth-order valence-electron chi connectivity index (χ4n) is 4.29. The Bertz CT molecular complexity index is 1400. The maximum atomic E-state index is 12.9. The van der Waals surface area contributed by atoms with Crippen LogP contribution in [0.3, 0.4) is 0 Å². The Balaban J connectivity index is 0.000000173. The smallest absolute Gasteiger partial charge is 0.418 e. The summed E-state index contributed by atoms with van der Waals surface area (Å²) in [6, 6.07) is 16.9. The number of ether oxygens (including phenoxy) is 1. The quantitative estimate of drug-likeness (QED) is 0.325. The standard InChI is InChI=1S/C15H16N2O.C14H12F3NO/c1-17-9-5-7-12-13(10-16-15(12)17)11-6-3-4-8-14(11)18-2;1-9-4-2-5-10(8-9)13(19)12-11(14(15,16)17)6-3-7-18-12/h3-8,10,16H,9H2,1-2H3;2-8,13,19H,1H3. The third-order valence-electron chi connectivity index (χ3n) is 6.10. The molecule has 1 aliphatic rings. The number of methoxy groups -OCH3 is 1. The number of rotatable bonds is 4. The SMILES string of the molecule is COc1ccccc1-c1c[nH]c2c1C=CCN2C.Cc1cccc(C(O)c2ncccc2C(F)(F)F)c1. The van der Waals surface area contributed by atoms with Gasteiger partial charge in [0.1, 0.15) is 17.7 Å². The van der Waals surface area contributed by atoms with Gasteiger partial charge in [0.2, 0.25) is 0 Å². The van der Waals surface area contributed by atoms with E-state index in [4.69, 9.17) is 4.74 Å². The summed E-state index contributed by atoms with van der Waals surface area (Å²) in [7, 11) is 3.80. The molecule has 5 rings (SSSR count). The van der Waals surface area contributed by atoms with E-state index in [1.807, 2.05) is 18.2 Å². The van der Waals surface area contributed by atoms with Crippen LogP contribution < -0.4 is 9.64 Å². The third-order valence-corrected chi connectivity index (χ3v) is 6.10. The van der Waals surface area contributed by atoms with E-state index in [0.717, 1.165) is 29.5 Å². The third kappa shape index (κ3) is 5.70. The Morgan fingerprint density at radius 1 is 1.05 bits per heavy atom. The molecule has 8 heteroatoms. The minimum absolute atomic E-state index is 0.374. The molecule has 192 valence electrons. The number of hydrogen-bond acceptors (Lipinski definition) is 4. The maximum Gasteiger partial charge on any atom is 0.418 e. The molecule has 1 unspecified atom stereocenters. The summed E-state index contributed by atoms with van der Waals surface area (Å²) < 4.78 is 44.0.